The summed E-state index contributed by atoms with van der Waals surface area (Å²) in [7, 11) is 0. The van der Waals surface area contributed by atoms with E-state index in [9.17, 15) is 9.59 Å². The van der Waals surface area contributed by atoms with Gasteiger partial charge in [0.25, 0.3) is 0 Å². The van der Waals surface area contributed by atoms with Crippen molar-refractivity contribution in [1.29, 1.82) is 0 Å². The van der Waals surface area contributed by atoms with Gasteiger partial charge in [-0.15, -0.1) is 0 Å². The quantitative estimate of drug-likeness (QED) is 0.820. The van der Waals surface area contributed by atoms with Gasteiger partial charge in [-0.2, -0.15) is 0 Å². The van der Waals surface area contributed by atoms with Crippen molar-refractivity contribution in [3.05, 3.63) is 52.5 Å². The highest BCUT2D eigenvalue weighted by Gasteiger charge is 2.35. The van der Waals surface area contributed by atoms with E-state index < -0.39 is 5.92 Å². The van der Waals surface area contributed by atoms with Gasteiger partial charge in [0.15, 0.2) is 0 Å². The zero-order chi connectivity index (χ0) is 18.7. The third kappa shape index (κ3) is 4.11. The summed E-state index contributed by atoms with van der Waals surface area (Å²) in [5, 5.41) is 3.64. The molecular formula is C19H18Cl2N2O3. The molecule has 1 aliphatic rings. The third-order valence-electron chi connectivity index (χ3n) is 4.14. The maximum absolute atomic E-state index is 12.5. The Hall–Kier alpha value is -2.24. The molecular weight excluding hydrogens is 375 g/mol. The maximum Gasteiger partial charge on any atom is 0.229 e. The molecule has 0 bridgehead atoms. The Labute approximate surface area is 161 Å². The van der Waals surface area contributed by atoms with Gasteiger partial charge in [-0.25, -0.2) is 0 Å². The minimum atomic E-state index is -0.427. The zero-order valence-electron chi connectivity index (χ0n) is 14.2. The molecule has 0 radical (unpaired) electrons. The van der Waals surface area contributed by atoms with Crippen LogP contribution in [0.4, 0.5) is 11.4 Å². The number of hydrogen-bond acceptors (Lipinski definition) is 3. The summed E-state index contributed by atoms with van der Waals surface area (Å²) in [6.45, 7) is 2.80. The Morgan fingerprint density at radius 1 is 1.19 bits per heavy atom. The van der Waals surface area contributed by atoms with Crippen molar-refractivity contribution in [3.63, 3.8) is 0 Å². The van der Waals surface area contributed by atoms with Crippen molar-refractivity contribution >= 4 is 46.4 Å². The topological polar surface area (TPSA) is 58.6 Å². The van der Waals surface area contributed by atoms with Crippen LogP contribution < -0.4 is 15.0 Å². The monoisotopic (exact) mass is 392 g/mol. The molecule has 2 aromatic rings. The molecule has 5 nitrogen and oxygen atoms in total. The second-order valence-corrected chi connectivity index (χ2v) is 6.76. The van der Waals surface area contributed by atoms with E-state index >= 15 is 0 Å². The number of rotatable bonds is 5. The van der Waals surface area contributed by atoms with Gasteiger partial charge in [-0.3, -0.25) is 9.59 Å². The normalized spacial score (nSPS) is 16.7. The lowest BCUT2D eigenvalue weighted by molar-refractivity contribution is -0.122. The highest BCUT2D eigenvalue weighted by molar-refractivity contribution is 6.42. The fourth-order valence-electron chi connectivity index (χ4n) is 2.83. The Kier molecular flexibility index (Phi) is 5.69. The smallest absolute Gasteiger partial charge is 0.229 e. The third-order valence-corrected chi connectivity index (χ3v) is 4.88. The van der Waals surface area contributed by atoms with E-state index in [-0.39, 0.29) is 18.2 Å². The average molecular weight is 393 g/mol. The predicted octanol–water partition coefficient (Wildman–Crippen LogP) is 4.38. The molecule has 0 aliphatic carbocycles. The molecule has 1 atom stereocenters. The van der Waals surface area contributed by atoms with E-state index in [1.165, 1.54) is 0 Å². The van der Waals surface area contributed by atoms with Crippen LogP contribution in [0.3, 0.4) is 0 Å². The number of ether oxygens (including phenoxy) is 1. The van der Waals surface area contributed by atoms with Crippen LogP contribution in [0.5, 0.6) is 5.75 Å². The van der Waals surface area contributed by atoms with Gasteiger partial charge in [-0.05, 0) is 49.4 Å². The minimum absolute atomic E-state index is 0.116. The molecule has 0 saturated carbocycles. The summed E-state index contributed by atoms with van der Waals surface area (Å²) < 4.78 is 5.38. The molecule has 2 aromatic carbocycles. The molecule has 1 unspecified atom stereocenters. The number of nitrogens with zero attached hydrogens (tertiary/aromatic N) is 1. The van der Waals surface area contributed by atoms with Crippen LogP contribution in [0, 0.1) is 5.92 Å². The van der Waals surface area contributed by atoms with Crippen LogP contribution in [0.25, 0.3) is 0 Å². The SMILES string of the molecule is CCOc1ccc(NC(=O)C2CC(=O)N(c3ccc(Cl)c(Cl)c3)C2)cc1. The molecule has 1 aliphatic heterocycles. The lowest BCUT2D eigenvalue weighted by Crippen LogP contribution is -2.28. The molecule has 7 heteroatoms. The van der Waals surface area contributed by atoms with Crippen LogP contribution in [-0.2, 0) is 9.59 Å². The number of nitrogens with one attached hydrogen (secondary N) is 1. The van der Waals surface area contributed by atoms with Crippen LogP contribution in [0.1, 0.15) is 13.3 Å². The minimum Gasteiger partial charge on any atom is -0.494 e. The summed E-state index contributed by atoms with van der Waals surface area (Å²) in [5.74, 6) is 0.0103. The Bertz CT molecular complexity index is 824. The van der Waals surface area contributed by atoms with E-state index in [0.717, 1.165) is 5.75 Å². The van der Waals surface area contributed by atoms with Gasteiger partial charge in [0, 0.05) is 24.3 Å². The predicted molar refractivity (Wildman–Crippen MR) is 103 cm³/mol. The molecule has 0 spiro atoms. The highest BCUT2D eigenvalue weighted by Crippen LogP contribution is 2.31. The highest BCUT2D eigenvalue weighted by atomic mass is 35.5. The summed E-state index contributed by atoms with van der Waals surface area (Å²) in [4.78, 5) is 26.4. The Balaban J connectivity index is 1.65. The van der Waals surface area contributed by atoms with Crippen molar-refractivity contribution in [3.8, 4) is 5.75 Å². The molecule has 1 fully saturated rings. The number of carbonyl (C=O) groups is 2. The average Bonchev–Trinajstić information content (AvgIpc) is 3.01. The first-order valence-corrected chi connectivity index (χ1v) is 9.02. The van der Waals surface area contributed by atoms with Crippen molar-refractivity contribution in [2.24, 2.45) is 5.92 Å². The van der Waals surface area contributed by atoms with Gasteiger partial charge < -0.3 is 15.0 Å². The molecule has 136 valence electrons. The number of hydrogen-bond donors (Lipinski definition) is 1. The van der Waals surface area contributed by atoms with E-state index in [4.69, 9.17) is 27.9 Å². The lowest BCUT2D eigenvalue weighted by Gasteiger charge is -2.17. The van der Waals surface area contributed by atoms with Crippen LogP contribution in [0.2, 0.25) is 10.0 Å². The molecule has 0 aromatic heterocycles. The van der Waals surface area contributed by atoms with Crippen molar-refractivity contribution in [2.45, 2.75) is 13.3 Å². The first-order valence-electron chi connectivity index (χ1n) is 8.27. The van der Waals surface area contributed by atoms with E-state index in [1.54, 1.807) is 47.4 Å². The fourth-order valence-corrected chi connectivity index (χ4v) is 3.12. The summed E-state index contributed by atoms with van der Waals surface area (Å²) >= 11 is 11.9. The van der Waals surface area contributed by atoms with Gasteiger partial charge >= 0.3 is 0 Å². The molecule has 2 amide bonds. The number of halogens is 2. The molecule has 1 heterocycles. The number of carbonyl (C=O) groups excluding carboxylic acids is 2. The maximum atomic E-state index is 12.5. The first-order chi connectivity index (χ1) is 12.5. The van der Waals surface area contributed by atoms with Crippen LogP contribution in [0.15, 0.2) is 42.5 Å². The second kappa shape index (κ2) is 7.98. The van der Waals surface area contributed by atoms with E-state index in [1.807, 2.05) is 6.92 Å². The Morgan fingerprint density at radius 2 is 1.92 bits per heavy atom. The van der Waals surface area contributed by atoms with Crippen LogP contribution in [-0.4, -0.2) is 25.0 Å². The van der Waals surface area contributed by atoms with E-state index in [2.05, 4.69) is 5.32 Å². The second-order valence-electron chi connectivity index (χ2n) is 5.95. The van der Waals surface area contributed by atoms with Gasteiger partial charge in [0.05, 0.1) is 22.6 Å². The lowest BCUT2D eigenvalue weighted by atomic mass is 10.1. The molecule has 26 heavy (non-hydrogen) atoms. The van der Waals surface area contributed by atoms with Crippen molar-refractivity contribution in [1.82, 2.24) is 0 Å². The summed E-state index contributed by atoms with van der Waals surface area (Å²) in [6.07, 6.45) is 0.156. The fraction of sp³-hybridized carbons (Fsp3) is 0.263. The summed E-state index contributed by atoms with van der Waals surface area (Å²) in [6, 6.07) is 12.1. The standard InChI is InChI=1S/C19H18Cl2N2O3/c1-2-26-15-6-3-13(4-7-15)22-19(25)12-9-18(24)23(11-12)14-5-8-16(20)17(21)10-14/h3-8,10,12H,2,9,11H2,1H3,(H,22,25). The summed E-state index contributed by atoms with van der Waals surface area (Å²) in [5.41, 5.74) is 1.31. The van der Waals surface area contributed by atoms with Crippen LogP contribution >= 0.6 is 23.2 Å². The number of anilines is 2. The van der Waals surface area contributed by atoms with Crippen molar-refractivity contribution < 1.29 is 14.3 Å². The van der Waals surface area contributed by atoms with Gasteiger partial charge in [-0.1, -0.05) is 23.2 Å². The van der Waals surface area contributed by atoms with Gasteiger partial charge in [0.1, 0.15) is 5.75 Å². The molecule has 1 N–H and O–H groups in total. The van der Waals surface area contributed by atoms with Gasteiger partial charge in [0.2, 0.25) is 11.8 Å². The largest absolute Gasteiger partial charge is 0.494 e. The number of benzene rings is 2. The Morgan fingerprint density at radius 3 is 2.58 bits per heavy atom. The first kappa shape index (κ1) is 18.5. The number of amides is 2. The molecule has 3 rings (SSSR count). The van der Waals surface area contributed by atoms with Crippen molar-refractivity contribution in [2.75, 3.05) is 23.4 Å². The van der Waals surface area contributed by atoms with E-state index in [0.29, 0.717) is 34.6 Å². The molecule has 1 saturated heterocycles. The zero-order valence-corrected chi connectivity index (χ0v) is 15.7.